The second-order valence-electron chi connectivity index (χ2n) is 4.18. The number of nitrogens with one attached hydrogen (secondary N) is 3. The van der Waals surface area contributed by atoms with Gasteiger partial charge in [-0.15, -0.1) is 0 Å². The van der Waals surface area contributed by atoms with Crippen molar-refractivity contribution in [2.45, 2.75) is 17.9 Å². The average Bonchev–Trinajstić information content (AvgIpc) is 3.01. The second-order valence-corrected chi connectivity index (χ2v) is 6.83. The van der Waals surface area contributed by atoms with Crippen molar-refractivity contribution in [1.82, 2.24) is 20.3 Å². The quantitative estimate of drug-likeness (QED) is 0.755. The number of rotatable bonds is 3. The van der Waals surface area contributed by atoms with Crippen LogP contribution in [0.15, 0.2) is 17.6 Å². The molecule has 2 aromatic heterocycles. The van der Waals surface area contributed by atoms with E-state index >= 15 is 0 Å². The molecule has 3 N–H and O–H groups in total. The van der Waals surface area contributed by atoms with Gasteiger partial charge in [0.1, 0.15) is 4.88 Å². The fourth-order valence-corrected chi connectivity index (χ4v) is 3.91. The third-order valence-electron chi connectivity index (χ3n) is 2.76. The number of amides is 1. The molecule has 0 atom stereocenters. The van der Waals surface area contributed by atoms with Crippen LogP contribution in [0.5, 0.6) is 0 Å². The molecule has 20 heavy (non-hydrogen) atoms. The van der Waals surface area contributed by atoms with Gasteiger partial charge in [0.25, 0.3) is 15.9 Å². The Hall–Kier alpha value is -1.94. The van der Waals surface area contributed by atoms with Gasteiger partial charge in [-0.2, -0.15) is 8.42 Å². The number of hydrogen-bond acceptors (Lipinski definition) is 6. The van der Waals surface area contributed by atoms with Gasteiger partial charge in [0.05, 0.1) is 18.2 Å². The number of anilines is 1. The van der Waals surface area contributed by atoms with Gasteiger partial charge in [-0.3, -0.25) is 9.52 Å². The summed E-state index contributed by atoms with van der Waals surface area (Å²) in [6, 6.07) is 0. The summed E-state index contributed by atoms with van der Waals surface area (Å²) >= 11 is 1.03. The van der Waals surface area contributed by atoms with Gasteiger partial charge < -0.3 is 10.3 Å². The van der Waals surface area contributed by atoms with Crippen molar-refractivity contribution in [2.24, 2.45) is 0 Å². The number of nitrogens with zero attached hydrogens (tertiary/aromatic N) is 2. The van der Waals surface area contributed by atoms with E-state index in [9.17, 15) is 13.2 Å². The fourth-order valence-electron chi connectivity index (χ4n) is 1.84. The third kappa shape index (κ3) is 2.39. The highest BCUT2D eigenvalue weighted by molar-refractivity contribution is 7.92. The Morgan fingerprint density at radius 2 is 2.25 bits per heavy atom. The highest BCUT2D eigenvalue weighted by atomic mass is 32.2. The molecule has 10 heteroatoms. The molecular formula is C10H11N5O3S2. The summed E-state index contributed by atoms with van der Waals surface area (Å²) in [7, 11) is -3.75. The van der Waals surface area contributed by atoms with Crippen LogP contribution in [0.2, 0.25) is 0 Å². The zero-order valence-corrected chi connectivity index (χ0v) is 11.8. The monoisotopic (exact) mass is 313 g/mol. The standard InChI is InChI=1S/C10H11N5O3S2/c16-9-8-6(2-1-3-12-9)14-10(19-8)15-20(17,18)7-4-11-5-13-7/h4-5H,1-3H2,(H,11,13)(H,12,16)(H,14,15). The second kappa shape index (κ2) is 4.87. The molecule has 0 fully saturated rings. The third-order valence-corrected chi connectivity index (χ3v) is 5.17. The minimum Gasteiger partial charge on any atom is -0.351 e. The van der Waals surface area contributed by atoms with Gasteiger partial charge in [0, 0.05) is 6.54 Å². The van der Waals surface area contributed by atoms with Crippen molar-refractivity contribution in [2.75, 3.05) is 11.3 Å². The van der Waals surface area contributed by atoms with Crippen LogP contribution in [-0.2, 0) is 16.4 Å². The van der Waals surface area contributed by atoms with Crippen LogP contribution in [-0.4, -0.2) is 35.8 Å². The van der Waals surface area contributed by atoms with Gasteiger partial charge in [-0.05, 0) is 12.8 Å². The number of aromatic nitrogens is 3. The van der Waals surface area contributed by atoms with Crippen molar-refractivity contribution < 1.29 is 13.2 Å². The van der Waals surface area contributed by atoms with Crippen LogP contribution in [0, 0.1) is 0 Å². The topological polar surface area (TPSA) is 117 Å². The lowest BCUT2D eigenvalue weighted by atomic mass is 10.2. The summed E-state index contributed by atoms with van der Waals surface area (Å²) in [5.41, 5.74) is 0.632. The predicted octanol–water partition coefficient (Wildman–Crippen LogP) is 0.343. The Morgan fingerprint density at radius 1 is 1.40 bits per heavy atom. The first-order chi connectivity index (χ1) is 9.56. The van der Waals surface area contributed by atoms with E-state index in [2.05, 4.69) is 25.0 Å². The molecule has 0 unspecified atom stereocenters. The van der Waals surface area contributed by atoms with Crippen LogP contribution in [0.1, 0.15) is 21.8 Å². The Kier molecular flexibility index (Phi) is 3.18. The lowest BCUT2D eigenvalue weighted by Gasteiger charge is -2.01. The van der Waals surface area contributed by atoms with Crippen molar-refractivity contribution in [3.63, 3.8) is 0 Å². The van der Waals surface area contributed by atoms with E-state index in [1.807, 2.05) is 0 Å². The first-order valence-corrected chi connectivity index (χ1v) is 8.15. The zero-order chi connectivity index (χ0) is 14.2. The Balaban J connectivity index is 1.90. The molecule has 1 amide bonds. The molecule has 0 radical (unpaired) electrons. The molecule has 8 nitrogen and oxygen atoms in total. The fraction of sp³-hybridized carbons (Fsp3) is 0.300. The van der Waals surface area contributed by atoms with E-state index in [-0.39, 0.29) is 16.1 Å². The van der Waals surface area contributed by atoms with E-state index in [0.717, 1.165) is 17.8 Å². The predicted molar refractivity (Wildman–Crippen MR) is 72.2 cm³/mol. The summed E-state index contributed by atoms with van der Waals surface area (Å²) < 4.78 is 26.4. The molecule has 0 aliphatic carbocycles. The molecule has 106 valence electrons. The molecule has 0 spiro atoms. The maximum Gasteiger partial charge on any atom is 0.280 e. The van der Waals surface area contributed by atoms with Gasteiger partial charge in [-0.25, -0.2) is 9.97 Å². The molecule has 3 rings (SSSR count). The Labute approximate surface area is 118 Å². The largest absolute Gasteiger partial charge is 0.351 e. The summed E-state index contributed by atoms with van der Waals surface area (Å²) in [5.74, 6) is -0.206. The number of hydrogen-bond donors (Lipinski definition) is 3. The van der Waals surface area contributed by atoms with Crippen LogP contribution < -0.4 is 10.0 Å². The first kappa shape index (κ1) is 13.1. The van der Waals surface area contributed by atoms with Crippen LogP contribution >= 0.6 is 11.3 Å². The Bertz CT molecular complexity index is 735. The average molecular weight is 313 g/mol. The summed E-state index contributed by atoms with van der Waals surface area (Å²) in [5, 5.41) is 2.88. The molecule has 0 saturated carbocycles. The summed E-state index contributed by atoms with van der Waals surface area (Å²) in [6.45, 7) is 0.608. The van der Waals surface area contributed by atoms with Crippen LogP contribution in [0.4, 0.5) is 5.13 Å². The van der Waals surface area contributed by atoms with E-state index in [1.165, 1.54) is 12.5 Å². The molecule has 2 aromatic rings. The number of H-pyrrole nitrogens is 1. The maximum atomic E-state index is 12.0. The van der Waals surface area contributed by atoms with Gasteiger partial charge in [0.2, 0.25) is 0 Å². The molecule has 0 bridgehead atoms. The van der Waals surface area contributed by atoms with Crippen molar-refractivity contribution in [3.05, 3.63) is 23.1 Å². The minimum absolute atomic E-state index is 0.0488. The van der Waals surface area contributed by atoms with Crippen molar-refractivity contribution >= 4 is 32.4 Å². The SMILES string of the molecule is O=C1NCCCc2nc(NS(=O)(=O)c3cnc[nH]3)sc21. The number of aryl methyl sites for hydroxylation is 1. The smallest absolute Gasteiger partial charge is 0.280 e. The van der Waals surface area contributed by atoms with Crippen LogP contribution in [0.3, 0.4) is 0 Å². The van der Waals surface area contributed by atoms with Crippen molar-refractivity contribution in [3.8, 4) is 0 Å². The highest BCUT2D eigenvalue weighted by Crippen LogP contribution is 2.27. The molecular weight excluding hydrogens is 302 g/mol. The first-order valence-electron chi connectivity index (χ1n) is 5.85. The highest BCUT2D eigenvalue weighted by Gasteiger charge is 2.23. The van der Waals surface area contributed by atoms with Crippen molar-refractivity contribution in [1.29, 1.82) is 0 Å². The van der Waals surface area contributed by atoms with Gasteiger partial charge >= 0.3 is 0 Å². The lowest BCUT2D eigenvalue weighted by Crippen LogP contribution is -2.21. The van der Waals surface area contributed by atoms with Gasteiger partial charge in [0.15, 0.2) is 10.2 Å². The number of carbonyl (C=O) groups is 1. The zero-order valence-electron chi connectivity index (χ0n) is 10.2. The number of thiazole rings is 1. The minimum atomic E-state index is -3.75. The van der Waals surface area contributed by atoms with Gasteiger partial charge in [-0.1, -0.05) is 11.3 Å². The van der Waals surface area contributed by atoms with Crippen LogP contribution in [0.25, 0.3) is 0 Å². The Morgan fingerprint density at radius 3 is 3.00 bits per heavy atom. The molecule has 3 heterocycles. The summed E-state index contributed by atoms with van der Waals surface area (Å²) in [4.78, 5) is 22.6. The lowest BCUT2D eigenvalue weighted by molar-refractivity contribution is 0.0960. The van der Waals surface area contributed by atoms with E-state index in [1.54, 1.807) is 0 Å². The number of fused-ring (bicyclic) bond motifs is 1. The number of imidazole rings is 1. The van der Waals surface area contributed by atoms with E-state index in [0.29, 0.717) is 23.5 Å². The normalized spacial score (nSPS) is 15.3. The number of sulfonamides is 1. The molecule has 0 aromatic carbocycles. The molecule has 1 aliphatic heterocycles. The number of carbonyl (C=O) groups excluding carboxylic acids is 1. The summed E-state index contributed by atoms with van der Waals surface area (Å²) in [6.07, 6.45) is 3.91. The number of aromatic amines is 1. The molecule has 0 saturated heterocycles. The van der Waals surface area contributed by atoms with E-state index < -0.39 is 10.0 Å². The van der Waals surface area contributed by atoms with E-state index in [4.69, 9.17) is 0 Å². The molecule has 1 aliphatic rings. The maximum absolute atomic E-state index is 12.0.